The molecule has 0 bridgehead atoms. The average Bonchev–Trinajstić information content (AvgIpc) is 2.86. The normalized spacial score (nSPS) is 14.5. The minimum absolute atomic E-state index is 0.0364. The van der Waals surface area contributed by atoms with Crippen LogP contribution >= 0.6 is 0 Å². The van der Waals surface area contributed by atoms with E-state index in [9.17, 15) is 33.9 Å². The molecule has 0 aliphatic heterocycles. The molecule has 0 aliphatic rings. The number of rotatable bonds is 20. The van der Waals surface area contributed by atoms with Crippen molar-refractivity contribution in [1.29, 1.82) is 0 Å². The Bertz CT molecular complexity index is 940. The van der Waals surface area contributed by atoms with Gasteiger partial charge in [0.15, 0.2) is 5.96 Å². The smallest absolute Gasteiger partial charge is 0.326 e. The number of hydrogen-bond donors (Lipinski definition) is 10. The maximum absolute atomic E-state index is 13.1. The van der Waals surface area contributed by atoms with Crippen molar-refractivity contribution in [1.82, 2.24) is 21.3 Å². The van der Waals surface area contributed by atoms with Crippen molar-refractivity contribution >= 4 is 41.5 Å². The minimum atomic E-state index is -1.38. The highest BCUT2D eigenvalue weighted by Gasteiger charge is 2.31. The maximum atomic E-state index is 13.1. The van der Waals surface area contributed by atoms with E-state index in [4.69, 9.17) is 28.0 Å². The number of carboxylic acids is 2. The lowest BCUT2D eigenvalue weighted by molar-refractivity contribution is -0.142. The summed E-state index contributed by atoms with van der Waals surface area (Å²) in [6.45, 7) is 5.14. The van der Waals surface area contributed by atoms with Gasteiger partial charge in [0.1, 0.15) is 24.2 Å². The van der Waals surface area contributed by atoms with Gasteiger partial charge in [0.25, 0.3) is 0 Å². The zero-order valence-electron chi connectivity index (χ0n) is 23.7. The fourth-order valence-electron chi connectivity index (χ4n) is 3.54. The molecule has 0 aliphatic carbocycles. The number of nitrogens with two attached hydrogens (primary N) is 4. The number of aliphatic carboxylic acids is 2. The van der Waals surface area contributed by atoms with E-state index in [-0.39, 0.29) is 31.8 Å². The van der Waals surface area contributed by atoms with Gasteiger partial charge in [0.05, 0.1) is 12.5 Å². The highest BCUT2D eigenvalue weighted by atomic mass is 16.4. The molecule has 0 fully saturated rings. The Morgan fingerprint density at radius 3 is 1.85 bits per heavy atom. The molecule has 0 spiro atoms. The molecule has 0 saturated heterocycles. The van der Waals surface area contributed by atoms with Crippen LogP contribution in [0.25, 0.3) is 0 Å². The number of carbonyl (C=O) groups excluding carboxylic acids is 4. The number of amides is 4. The van der Waals surface area contributed by atoms with Crippen LogP contribution in [0.5, 0.6) is 0 Å². The first-order valence-electron chi connectivity index (χ1n) is 13.3. The van der Waals surface area contributed by atoms with Gasteiger partial charge >= 0.3 is 11.9 Å². The Labute approximate surface area is 238 Å². The van der Waals surface area contributed by atoms with Gasteiger partial charge in [-0.05, 0) is 51.5 Å². The molecule has 0 aromatic rings. The van der Waals surface area contributed by atoms with E-state index >= 15 is 0 Å². The van der Waals surface area contributed by atoms with E-state index in [2.05, 4.69) is 26.3 Å². The van der Waals surface area contributed by atoms with Crippen LogP contribution in [0, 0.1) is 5.92 Å². The van der Waals surface area contributed by atoms with Crippen LogP contribution in [0.3, 0.4) is 0 Å². The van der Waals surface area contributed by atoms with E-state index in [1.165, 1.54) is 6.92 Å². The Morgan fingerprint density at radius 1 is 0.756 bits per heavy atom. The van der Waals surface area contributed by atoms with E-state index in [0.29, 0.717) is 19.4 Å². The molecule has 41 heavy (non-hydrogen) atoms. The van der Waals surface area contributed by atoms with Crippen LogP contribution in [0.2, 0.25) is 0 Å². The van der Waals surface area contributed by atoms with Gasteiger partial charge in [-0.2, -0.15) is 0 Å². The summed E-state index contributed by atoms with van der Waals surface area (Å²) in [4.78, 5) is 77.3. The maximum Gasteiger partial charge on any atom is 0.326 e. The highest BCUT2D eigenvalue weighted by Crippen LogP contribution is 2.07. The standard InChI is InChI=1S/C24H45N9O8/c1-12(2)18(33-20(37)14(26)11-17(34)35)22(39)31-15(7-4-5-9-25)21(38)30-13(3)19(36)32-16(23(40)41)8-6-10-29-24(27)28/h12-16,18H,4-11,25-26H2,1-3H3,(H,30,38)(H,31,39)(H,32,36)(H,33,37)(H,34,35)(H,40,41)(H4,27,28,29)/t13-,14-,15-,16-,18-/m0/s1. The molecule has 234 valence electrons. The topological polar surface area (TPSA) is 307 Å². The van der Waals surface area contributed by atoms with Crippen molar-refractivity contribution in [3.63, 3.8) is 0 Å². The molecule has 0 rings (SSSR count). The first kappa shape index (κ1) is 37.0. The van der Waals surface area contributed by atoms with Gasteiger partial charge in [0, 0.05) is 6.54 Å². The molecule has 0 saturated carbocycles. The summed E-state index contributed by atoms with van der Waals surface area (Å²) < 4.78 is 0. The lowest BCUT2D eigenvalue weighted by Crippen LogP contribution is -2.59. The van der Waals surface area contributed by atoms with Gasteiger partial charge in [-0.15, -0.1) is 0 Å². The monoisotopic (exact) mass is 587 g/mol. The number of unbranched alkanes of at least 4 members (excludes halogenated alkanes) is 1. The van der Waals surface area contributed by atoms with Crippen LogP contribution < -0.4 is 44.2 Å². The molecule has 0 aromatic carbocycles. The largest absolute Gasteiger partial charge is 0.481 e. The highest BCUT2D eigenvalue weighted by molar-refractivity contribution is 5.95. The third-order valence-electron chi connectivity index (χ3n) is 5.87. The van der Waals surface area contributed by atoms with Crippen molar-refractivity contribution in [3.8, 4) is 0 Å². The summed E-state index contributed by atoms with van der Waals surface area (Å²) in [6, 6.07) is -6.05. The number of guanidine groups is 1. The van der Waals surface area contributed by atoms with Crippen LogP contribution in [-0.2, 0) is 28.8 Å². The summed E-state index contributed by atoms with van der Waals surface area (Å²) in [5, 5.41) is 28.1. The van der Waals surface area contributed by atoms with Gasteiger partial charge in [-0.1, -0.05) is 13.8 Å². The van der Waals surface area contributed by atoms with Crippen molar-refractivity contribution in [3.05, 3.63) is 0 Å². The molecule has 5 atom stereocenters. The number of aliphatic imine (C=N–C) groups is 1. The zero-order valence-corrected chi connectivity index (χ0v) is 23.7. The fraction of sp³-hybridized carbons (Fsp3) is 0.708. The second-order valence-corrected chi connectivity index (χ2v) is 9.86. The number of hydrogen-bond acceptors (Lipinski definition) is 9. The van der Waals surface area contributed by atoms with E-state index < -0.39 is 78.1 Å². The molecule has 0 heterocycles. The summed E-state index contributed by atoms with van der Waals surface area (Å²) in [7, 11) is 0. The lowest BCUT2D eigenvalue weighted by atomic mass is 10.0. The summed E-state index contributed by atoms with van der Waals surface area (Å²) >= 11 is 0. The number of nitrogens with zero attached hydrogens (tertiary/aromatic N) is 1. The SMILES string of the molecule is CC(C)[C@H](NC(=O)[C@@H](N)CC(=O)O)C(=O)N[C@@H](CCCCN)C(=O)N[C@@H](C)C(=O)N[C@@H](CCCN=C(N)N)C(=O)O. The van der Waals surface area contributed by atoms with Gasteiger partial charge < -0.3 is 54.4 Å². The number of nitrogens with one attached hydrogen (secondary N) is 4. The molecular weight excluding hydrogens is 542 g/mol. The van der Waals surface area contributed by atoms with Crippen molar-refractivity contribution in [2.24, 2.45) is 33.8 Å². The first-order valence-corrected chi connectivity index (χ1v) is 13.3. The van der Waals surface area contributed by atoms with Gasteiger partial charge in [-0.3, -0.25) is 29.0 Å². The van der Waals surface area contributed by atoms with Crippen LogP contribution in [0.1, 0.15) is 59.3 Å². The second-order valence-electron chi connectivity index (χ2n) is 9.86. The average molecular weight is 588 g/mol. The van der Waals surface area contributed by atoms with Crippen LogP contribution in [-0.4, -0.2) is 95.0 Å². The summed E-state index contributed by atoms with van der Waals surface area (Å²) in [5.74, 6) is -6.20. The Morgan fingerprint density at radius 2 is 1.34 bits per heavy atom. The van der Waals surface area contributed by atoms with E-state index in [1.807, 2.05) is 0 Å². The van der Waals surface area contributed by atoms with Gasteiger partial charge in [0.2, 0.25) is 23.6 Å². The molecule has 4 amide bonds. The van der Waals surface area contributed by atoms with Crippen LogP contribution in [0.4, 0.5) is 0 Å². The molecule has 17 heteroatoms. The molecular formula is C24H45N9O8. The second kappa shape index (κ2) is 19.1. The Balaban J connectivity index is 5.43. The first-order chi connectivity index (χ1) is 19.1. The lowest BCUT2D eigenvalue weighted by Gasteiger charge is -2.27. The summed E-state index contributed by atoms with van der Waals surface area (Å²) in [6.07, 6.45) is 0.831. The third-order valence-corrected chi connectivity index (χ3v) is 5.87. The third kappa shape index (κ3) is 15.4. The van der Waals surface area contributed by atoms with E-state index in [1.54, 1.807) is 13.8 Å². The zero-order chi connectivity index (χ0) is 31.7. The molecule has 14 N–H and O–H groups in total. The van der Waals surface area contributed by atoms with Crippen LogP contribution in [0.15, 0.2) is 4.99 Å². The Hall–Kier alpha value is -3.99. The van der Waals surface area contributed by atoms with Crippen molar-refractivity contribution in [2.45, 2.75) is 89.5 Å². The number of carboxylic acid groups (broad SMARTS) is 2. The molecule has 0 radical (unpaired) electrons. The number of carbonyl (C=O) groups is 6. The van der Waals surface area contributed by atoms with Gasteiger partial charge in [-0.25, -0.2) is 4.79 Å². The summed E-state index contributed by atoms with van der Waals surface area (Å²) in [5.41, 5.74) is 21.6. The molecule has 0 aromatic heterocycles. The quantitative estimate of drug-likeness (QED) is 0.0380. The van der Waals surface area contributed by atoms with E-state index in [0.717, 1.165) is 0 Å². The molecule has 17 nitrogen and oxygen atoms in total. The Kier molecular flexibility index (Phi) is 17.3. The fourth-order valence-corrected chi connectivity index (χ4v) is 3.54. The minimum Gasteiger partial charge on any atom is -0.481 e. The predicted molar refractivity (Wildman–Crippen MR) is 149 cm³/mol. The van der Waals surface area contributed by atoms with Crippen molar-refractivity contribution < 1.29 is 39.0 Å². The van der Waals surface area contributed by atoms with Crippen molar-refractivity contribution in [2.75, 3.05) is 13.1 Å². The molecule has 0 unspecified atom stereocenters. The predicted octanol–water partition coefficient (Wildman–Crippen LogP) is -3.33.